The highest BCUT2D eigenvalue weighted by Crippen LogP contribution is 2.39. The molecule has 0 saturated carbocycles. The normalized spacial score (nSPS) is 14.2. The van der Waals surface area contributed by atoms with Gasteiger partial charge < -0.3 is 0 Å². The van der Waals surface area contributed by atoms with Gasteiger partial charge in [0.05, 0.1) is 0 Å². The summed E-state index contributed by atoms with van der Waals surface area (Å²) in [6.45, 7) is 11.5. The summed E-state index contributed by atoms with van der Waals surface area (Å²) < 4.78 is 0.444. The van der Waals surface area contributed by atoms with Crippen molar-refractivity contribution in [3.05, 3.63) is 0 Å². The molecule has 0 nitrogen and oxygen atoms in total. The minimum Gasteiger partial charge on any atom is -0.0942 e. The molecule has 0 aromatic heterocycles. The van der Waals surface area contributed by atoms with Crippen LogP contribution in [0, 0.1) is 0 Å². The Morgan fingerprint density at radius 2 is 1.80 bits per heavy atom. The van der Waals surface area contributed by atoms with Gasteiger partial charge in [-0.1, -0.05) is 63.9 Å². The fraction of sp³-hybridized carbons (Fsp3) is 1.00. The average Bonchev–Trinajstić information content (AvgIpc) is 2.21. The molecule has 0 bridgehead atoms. The third-order valence-corrected chi connectivity index (χ3v) is 8.60. The van der Waals surface area contributed by atoms with E-state index in [9.17, 15) is 0 Å². The van der Waals surface area contributed by atoms with Crippen LogP contribution in [0.5, 0.6) is 0 Å². The molecule has 0 radical (unpaired) electrons. The van der Waals surface area contributed by atoms with Crippen molar-refractivity contribution in [2.24, 2.45) is 0 Å². The summed E-state index contributed by atoms with van der Waals surface area (Å²) in [6, 6.07) is 0. The highest BCUT2D eigenvalue weighted by Gasteiger charge is 2.15. The van der Waals surface area contributed by atoms with Gasteiger partial charge in [0, 0.05) is 21.5 Å². The zero-order valence-corrected chi connectivity index (χ0v) is 13.8. The van der Waals surface area contributed by atoms with E-state index < -0.39 is 0 Å². The van der Waals surface area contributed by atoms with E-state index in [4.69, 9.17) is 0 Å². The Hall–Kier alpha value is 1.40. The van der Waals surface area contributed by atoms with Crippen LogP contribution in [0.25, 0.3) is 0 Å². The van der Waals surface area contributed by atoms with Crippen LogP contribution in [-0.2, 0) is 0 Å². The Bertz CT molecular complexity index is 148. The average molecular weight is 285 g/mol. The lowest BCUT2D eigenvalue weighted by atomic mass is 10.1. The minimum atomic E-state index is 0.444. The van der Waals surface area contributed by atoms with E-state index in [1.54, 1.807) is 0 Å². The van der Waals surface area contributed by atoms with Gasteiger partial charge in [-0.25, -0.2) is 0 Å². The first kappa shape index (κ1) is 16.4. The van der Waals surface area contributed by atoms with Crippen molar-refractivity contribution in [1.29, 1.82) is 0 Å². The van der Waals surface area contributed by atoms with Crippen molar-refractivity contribution in [3.8, 4) is 0 Å². The maximum absolute atomic E-state index is 2.34. The first-order valence-corrected chi connectivity index (χ1v) is 10.3. The molecule has 0 rings (SSSR count). The molecule has 0 saturated heterocycles. The summed E-state index contributed by atoms with van der Waals surface area (Å²) in [7, 11) is 8.10. The molecule has 0 aliphatic rings. The topological polar surface area (TPSA) is 0 Å². The van der Waals surface area contributed by atoms with Gasteiger partial charge in [-0.2, -0.15) is 0 Å². The molecule has 0 spiro atoms. The fourth-order valence-corrected chi connectivity index (χ4v) is 5.65. The Balaban J connectivity index is 3.37. The zero-order chi connectivity index (χ0) is 11.7. The molecule has 1 atom stereocenters. The van der Waals surface area contributed by atoms with Crippen LogP contribution in [0.4, 0.5) is 0 Å². The van der Waals surface area contributed by atoms with Crippen LogP contribution in [-0.4, -0.2) is 21.5 Å². The quantitative estimate of drug-likeness (QED) is 0.391. The molecule has 0 aliphatic heterocycles. The predicted molar refractivity (Wildman–Crippen MR) is 84.2 cm³/mol. The molecule has 1 unspecified atom stereocenters. The Kier molecular flexibility index (Phi) is 10.3. The van der Waals surface area contributed by atoms with Crippen molar-refractivity contribution < 1.29 is 0 Å². The fourth-order valence-electron chi connectivity index (χ4n) is 0.706. The first-order valence-electron chi connectivity index (χ1n) is 5.60. The van der Waals surface area contributed by atoms with E-state index >= 15 is 0 Å². The summed E-state index contributed by atoms with van der Waals surface area (Å²) >= 11 is 0. The van der Waals surface area contributed by atoms with E-state index in [1.807, 2.05) is 43.2 Å². The van der Waals surface area contributed by atoms with Crippen molar-refractivity contribution in [1.82, 2.24) is 0 Å². The van der Waals surface area contributed by atoms with Crippen molar-refractivity contribution in [2.75, 3.05) is 11.5 Å². The molecule has 0 aliphatic carbocycles. The smallest absolute Gasteiger partial charge is 0.0204 e. The molecule has 0 amide bonds. The summed E-state index contributed by atoms with van der Waals surface area (Å²) in [5, 5.41) is 0.799. The molecule has 15 heavy (non-hydrogen) atoms. The van der Waals surface area contributed by atoms with Crippen molar-refractivity contribution in [3.63, 3.8) is 0 Å². The summed E-state index contributed by atoms with van der Waals surface area (Å²) in [6.07, 6.45) is 2.58. The summed E-state index contributed by atoms with van der Waals surface area (Å²) in [4.78, 5) is 0. The van der Waals surface area contributed by atoms with Gasteiger partial charge >= 0.3 is 0 Å². The number of rotatable bonds is 9. The van der Waals surface area contributed by atoms with E-state index in [0.717, 1.165) is 5.25 Å². The first-order chi connectivity index (χ1) is 7.02. The molecule has 0 heterocycles. The van der Waals surface area contributed by atoms with E-state index in [2.05, 4.69) is 34.6 Å². The predicted octanol–water partition coefficient (Wildman–Crippen LogP) is 5.74. The largest absolute Gasteiger partial charge is 0.0942 e. The maximum Gasteiger partial charge on any atom is 0.0204 e. The third kappa shape index (κ3) is 10.3. The zero-order valence-electron chi connectivity index (χ0n) is 10.5. The molecule has 0 N–H and O–H groups in total. The standard InChI is InChI=1S/C11H24S4/c1-6-11(4,5)15-13-9-8-10(3)14-12-7-2/h10H,6-9H2,1-5H3. The molecular formula is C11H24S4. The molecule has 0 fully saturated rings. The second-order valence-electron chi connectivity index (χ2n) is 4.12. The molecule has 92 valence electrons. The lowest BCUT2D eigenvalue weighted by Gasteiger charge is -2.21. The highest BCUT2D eigenvalue weighted by atomic mass is 33.1. The van der Waals surface area contributed by atoms with Crippen LogP contribution >= 0.6 is 43.2 Å². The van der Waals surface area contributed by atoms with Gasteiger partial charge in [0.1, 0.15) is 0 Å². The SMILES string of the molecule is CCSSC(C)CCSSC(C)(C)CC. The monoisotopic (exact) mass is 284 g/mol. The highest BCUT2D eigenvalue weighted by molar-refractivity contribution is 8.77. The Labute approximate surface area is 112 Å². The van der Waals surface area contributed by atoms with Crippen LogP contribution in [0.15, 0.2) is 0 Å². The second-order valence-corrected chi connectivity index (χ2v) is 10.3. The van der Waals surface area contributed by atoms with Crippen molar-refractivity contribution >= 4 is 43.2 Å². The summed E-state index contributed by atoms with van der Waals surface area (Å²) in [5.41, 5.74) is 0. The molecule has 0 aromatic rings. The van der Waals surface area contributed by atoms with E-state index in [1.165, 1.54) is 24.3 Å². The van der Waals surface area contributed by atoms with Crippen LogP contribution in [0.2, 0.25) is 0 Å². The van der Waals surface area contributed by atoms with E-state index in [0.29, 0.717) is 4.75 Å². The molecule has 0 aromatic carbocycles. The number of hydrogen-bond acceptors (Lipinski definition) is 4. The Morgan fingerprint density at radius 3 is 2.33 bits per heavy atom. The number of hydrogen-bond donors (Lipinski definition) is 0. The van der Waals surface area contributed by atoms with Crippen LogP contribution in [0.1, 0.15) is 47.5 Å². The van der Waals surface area contributed by atoms with E-state index in [-0.39, 0.29) is 0 Å². The summed E-state index contributed by atoms with van der Waals surface area (Å²) in [5.74, 6) is 2.51. The van der Waals surface area contributed by atoms with Gasteiger partial charge in [0.25, 0.3) is 0 Å². The lowest BCUT2D eigenvalue weighted by Crippen LogP contribution is -2.10. The van der Waals surface area contributed by atoms with Gasteiger partial charge in [-0.3, -0.25) is 0 Å². The molecular weight excluding hydrogens is 260 g/mol. The van der Waals surface area contributed by atoms with Crippen LogP contribution < -0.4 is 0 Å². The maximum atomic E-state index is 2.34. The van der Waals surface area contributed by atoms with Gasteiger partial charge in [0.2, 0.25) is 0 Å². The van der Waals surface area contributed by atoms with Crippen LogP contribution in [0.3, 0.4) is 0 Å². The van der Waals surface area contributed by atoms with Gasteiger partial charge in [0.15, 0.2) is 0 Å². The lowest BCUT2D eigenvalue weighted by molar-refractivity contribution is 0.690. The van der Waals surface area contributed by atoms with Gasteiger partial charge in [-0.15, -0.1) is 0 Å². The van der Waals surface area contributed by atoms with Gasteiger partial charge in [-0.05, 0) is 26.7 Å². The third-order valence-electron chi connectivity index (χ3n) is 2.09. The Morgan fingerprint density at radius 1 is 1.13 bits per heavy atom. The second kappa shape index (κ2) is 9.43. The minimum absolute atomic E-state index is 0.444. The molecule has 4 heteroatoms. The van der Waals surface area contributed by atoms with Crippen molar-refractivity contribution in [2.45, 2.75) is 57.5 Å².